The molecule has 0 spiro atoms. The summed E-state index contributed by atoms with van der Waals surface area (Å²) in [5.41, 5.74) is -1.82. The van der Waals surface area contributed by atoms with E-state index in [9.17, 15) is 30.6 Å². The second-order valence-corrected chi connectivity index (χ2v) is 13.1. The number of rotatable bonds is 6. The summed E-state index contributed by atoms with van der Waals surface area (Å²) in [5.74, 6) is 0.208. The lowest BCUT2D eigenvalue weighted by atomic mass is 9.41. The van der Waals surface area contributed by atoms with Gasteiger partial charge < -0.3 is 30.6 Å². The van der Waals surface area contributed by atoms with Gasteiger partial charge in [0, 0.05) is 24.9 Å². The van der Waals surface area contributed by atoms with E-state index in [0.717, 1.165) is 32.1 Å². The van der Waals surface area contributed by atoms with Gasteiger partial charge in [0.05, 0.1) is 30.0 Å². The molecular weight excluding hydrogens is 420 g/mol. The topological polar surface area (TPSA) is 121 Å². The largest absolute Gasteiger partial charge is 0.396 e. The van der Waals surface area contributed by atoms with Gasteiger partial charge in [-0.15, -0.1) is 0 Å². The molecule has 33 heavy (non-hydrogen) atoms. The smallest absolute Gasteiger partial charge is 0.0857 e. The van der Waals surface area contributed by atoms with Gasteiger partial charge in [-0.2, -0.15) is 0 Å². The van der Waals surface area contributed by atoms with Gasteiger partial charge in [0.15, 0.2) is 0 Å². The molecule has 192 valence electrons. The minimum absolute atomic E-state index is 0.104. The number of aliphatic hydroxyl groups excluding tert-OH is 5. The van der Waals surface area contributed by atoms with Crippen LogP contribution in [0, 0.1) is 46.3 Å². The summed E-state index contributed by atoms with van der Waals surface area (Å²) in [6, 6.07) is 0. The first-order valence-electron chi connectivity index (χ1n) is 13.5. The predicted molar refractivity (Wildman–Crippen MR) is 126 cm³/mol. The molecule has 6 nitrogen and oxygen atoms in total. The highest BCUT2D eigenvalue weighted by atomic mass is 16.3. The van der Waals surface area contributed by atoms with E-state index in [0.29, 0.717) is 37.0 Å². The highest BCUT2D eigenvalue weighted by Gasteiger charge is 2.71. The van der Waals surface area contributed by atoms with E-state index in [4.69, 9.17) is 0 Å². The van der Waals surface area contributed by atoms with Crippen molar-refractivity contribution in [2.24, 2.45) is 46.3 Å². The van der Waals surface area contributed by atoms with Gasteiger partial charge in [-0.3, -0.25) is 0 Å². The van der Waals surface area contributed by atoms with E-state index in [1.165, 1.54) is 0 Å². The summed E-state index contributed by atoms with van der Waals surface area (Å²) in [7, 11) is 0. The Morgan fingerprint density at radius 3 is 2.21 bits per heavy atom. The summed E-state index contributed by atoms with van der Waals surface area (Å²) >= 11 is 0. The maximum atomic E-state index is 12.3. The highest BCUT2D eigenvalue weighted by Crippen LogP contribution is 2.69. The second kappa shape index (κ2) is 9.01. The van der Waals surface area contributed by atoms with Crippen molar-refractivity contribution in [2.45, 2.75) is 115 Å². The van der Waals surface area contributed by atoms with Gasteiger partial charge in [0.25, 0.3) is 0 Å². The average Bonchev–Trinajstić information content (AvgIpc) is 3.02. The van der Waals surface area contributed by atoms with Crippen molar-refractivity contribution < 1.29 is 30.6 Å². The molecule has 4 unspecified atom stereocenters. The normalized spacial score (nSPS) is 53.6. The first kappa shape index (κ1) is 25.8. The van der Waals surface area contributed by atoms with Crippen molar-refractivity contribution in [3.05, 3.63) is 0 Å². The van der Waals surface area contributed by atoms with Crippen molar-refractivity contribution >= 4 is 0 Å². The molecular formula is C27H48O6. The van der Waals surface area contributed by atoms with Crippen molar-refractivity contribution in [2.75, 3.05) is 6.61 Å². The first-order valence-corrected chi connectivity index (χ1v) is 13.5. The van der Waals surface area contributed by atoms with Crippen molar-refractivity contribution in [1.29, 1.82) is 0 Å². The molecule has 0 radical (unpaired) electrons. The molecule has 0 aromatic heterocycles. The van der Waals surface area contributed by atoms with Crippen molar-refractivity contribution in [3.63, 3.8) is 0 Å². The Kier molecular flexibility index (Phi) is 7.05. The van der Waals surface area contributed by atoms with Crippen LogP contribution < -0.4 is 0 Å². The van der Waals surface area contributed by atoms with Crippen LogP contribution in [0.15, 0.2) is 0 Å². The molecule has 13 atom stereocenters. The lowest BCUT2D eigenvalue weighted by Crippen LogP contribution is -2.70. The molecule has 4 aliphatic carbocycles. The lowest BCUT2D eigenvalue weighted by Gasteiger charge is -2.66. The molecule has 0 heterocycles. The summed E-state index contributed by atoms with van der Waals surface area (Å²) in [5, 5.41) is 65.2. The molecule has 0 aromatic carbocycles. The van der Waals surface area contributed by atoms with Crippen LogP contribution in [0.1, 0.15) is 85.5 Å². The zero-order chi connectivity index (χ0) is 24.3. The van der Waals surface area contributed by atoms with E-state index >= 15 is 0 Å². The Balaban J connectivity index is 1.59. The fraction of sp³-hybridized carbons (Fsp3) is 1.00. The Morgan fingerprint density at radius 2 is 1.55 bits per heavy atom. The standard InChI is InChI=1S/C27H48O6/c1-15(14-28)6-5-7-16(2)17-12-19(30)24-25(17,3)11-9-21-26(4)10-8-18(29)23(32)22(26)20(31)13-27(21,24)33/h15-24,28-33H,5-14H2,1-4H3/t15-,16+,17+,18-,19?,20?,21+,22?,23-,24?,25+,26+,27-/m0/s1. The summed E-state index contributed by atoms with van der Waals surface area (Å²) in [4.78, 5) is 0. The minimum Gasteiger partial charge on any atom is -0.396 e. The zero-order valence-electron chi connectivity index (χ0n) is 21.0. The van der Waals surface area contributed by atoms with Gasteiger partial charge in [-0.25, -0.2) is 0 Å². The fourth-order valence-corrected chi connectivity index (χ4v) is 9.60. The van der Waals surface area contributed by atoms with Crippen LogP contribution in [-0.4, -0.2) is 67.3 Å². The molecule has 0 aromatic rings. The van der Waals surface area contributed by atoms with Crippen LogP contribution in [0.25, 0.3) is 0 Å². The maximum absolute atomic E-state index is 12.3. The number of hydrogen-bond donors (Lipinski definition) is 6. The second-order valence-electron chi connectivity index (χ2n) is 13.1. The highest BCUT2D eigenvalue weighted by molar-refractivity contribution is 5.20. The summed E-state index contributed by atoms with van der Waals surface area (Å²) in [6.45, 7) is 8.90. The van der Waals surface area contributed by atoms with Gasteiger partial charge in [-0.1, -0.05) is 40.5 Å². The van der Waals surface area contributed by atoms with E-state index < -0.39 is 41.3 Å². The van der Waals surface area contributed by atoms with Crippen molar-refractivity contribution in [3.8, 4) is 0 Å². The molecule has 0 saturated heterocycles. The molecule has 0 amide bonds. The number of aliphatic hydroxyl groups is 6. The van der Waals surface area contributed by atoms with Crippen LogP contribution >= 0.6 is 0 Å². The van der Waals surface area contributed by atoms with E-state index in [2.05, 4.69) is 27.7 Å². The molecule has 4 aliphatic rings. The molecule has 4 fully saturated rings. The summed E-state index contributed by atoms with van der Waals surface area (Å²) < 4.78 is 0. The summed E-state index contributed by atoms with van der Waals surface area (Å²) in [6.07, 6.45) is 3.57. The monoisotopic (exact) mass is 468 g/mol. The lowest BCUT2D eigenvalue weighted by molar-refractivity contribution is -0.280. The molecule has 0 bridgehead atoms. The van der Waals surface area contributed by atoms with Gasteiger partial charge >= 0.3 is 0 Å². The molecule has 6 heteroatoms. The van der Waals surface area contributed by atoms with Crippen LogP contribution in [0.3, 0.4) is 0 Å². The molecule has 4 saturated carbocycles. The third-order valence-electron chi connectivity index (χ3n) is 11.2. The first-order chi connectivity index (χ1) is 15.4. The SMILES string of the molecule is C[C@H](CO)CCC[C@@H](C)[C@H]1CC(O)C2[C@]1(C)CC[C@@H]1[C@@]3(C)CC[C@H](O)[C@H](O)C3C(O)C[C@@]21O. The van der Waals surface area contributed by atoms with Gasteiger partial charge in [-0.05, 0) is 73.0 Å². The Bertz CT molecular complexity index is 702. The van der Waals surface area contributed by atoms with Crippen LogP contribution in [0.4, 0.5) is 0 Å². The van der Waals surface area contributed by atoms with E-state index in [-0.39, 0.29) is 30.3 Å². The Morgan fingerprint density at radius 1 is 0.879 bits per heavy atom. The molecule has 0 aliphatic heterocycles. The van der Waals surface area contributed by atoms with Crippen LogP contribution in [-0.2, 0) is 0 Å². The van der Waals surface area contributed by atoms with E-state index in [1.807, 2.05) is 0 Å². The number of hydrogen-bond acceptors (Lipinski definition) is 6. The van der Waals surface area contributed by atoms with Crippen LogP contribution in [0.2, 0.25) is 0 Å². The quantitative estimate of drug-likeness (QED) is 0.356. The number of fused-ring (bicyclic) bond motifs is 5. The predicted octanol–water partition coefficient (Wildman–Crippen LogP) is 2.47. The molecule has 6 N–H and O–H groups in total. The average molecular weight is 469 g/mol. The van der Waals surface area contributed by atoms with Gasteiger partial charge in [0.1, 0.15) is 0 Å². The zero-order valence-corrected chi connectivity index (χ0v) is 21.0. The van der Waals surface area contributed by atoms with Crippen molar-refractivity contribution in [1.82, 2.24) is 0 Å². The maximum Gasteiger partial charge on any atom is 0.0857 e. The third kappa shape index (κ3) is 3.92. The minimum atomic E-state index is -1.17. The fourth-order valence-electron chi connectivity index (χ4n) is 9.60. The Hall–Kier alpha value is -0.240. The van der Waals surface area contributed by atoms with Crippen LogP contribution in [0.5, 0.6) is 0 Å². The Labute approximate surface area is 199 Å². The van der Waals surface area contributed by atoms with E-state index in [1.54, 1.807) is 0 Å². The molecule has 4 rings (SSSR count). The van der Waals surface area contributed by atoms with Gasteiger partial charge in [0.2, 0.25) is 0 Å². The third-order valence-corrected chi connectivity index (χ3v) is 11.2.